The van der Waals surface area contributed by atoms with Crippen LogP contribution in [0.5, 0.6) is 5.75 Å². The van der Waals surface area contributed by atoms with E-state index in [1.165, 1.54) is 5.56 Å². The lowest BCUT2D eigenvalue weighted by Crippen LogP contribution is -2.32. The lowest BCUT2D eigenvalue weighted by molar-refractivity contribution is -0.137. The zero-order chi connectivity index (χ0) is 13.4. The quantitative estimate of drug-likeness (QED) is 0.695. The monoisotopic (exact) mass is 251 g/mol. The highest BCUT2D eigenvalue weighted by Gasteiger charge is 2.03. The first-order valence-electron chi connectivity index (χ1n) is 6.22. The topological polar surface area (TPSA) is 58.6 Å². The van der Waals surface area contributed by atoms with Gasteiger partial charge in [0.25, 0.3) is 0 Å². The van der Waals surface area contributed by atoms with Gasteiger partial charge in [-0.05, 0) is 38.9 Å². The van der Waals surface area contributed by atoms with Gasteiger partial charge in [0.05, 0.1) is 0 Å². The maximum atomic E-state index is 10.3. The van der Waals surface area contributed by atoms with Gasteiger partial charge in [0.1, 0.15) is 12.4 Å². The van der Waals surface area contributed by atoms with Gasteiger partial charge in [0.2, 0.25) is 0 Å². The molecule has 100 valence electrons. The molecule has 0 heterocycles. The summed E-state index contributed by atoms with van der Waals surface area (Å²) in [5, 5.41) is 11.7. The van der Waals surface area contributed by atoms with Crippen molar-refractivity contribution in [3.05, 3.63) is 29.8 Å². The molecule has 0 spiro atoms. The Morgan fingerprint density at radius 1 is 1.39 bits per heavy atom. The number of carboxylic acids is 1. The third kappa shape index (κ3) is 6.25. The molecule has 0 aromatic heterocycles. The smallest absolute Gasteiger partial charge is 0.303 e. The Hall–Kier alpha value is -1.55. The minimum atomic E-state index is -0.750. The van der Waals surface area contributed by atoms with Gasteiger partial charge in [-0.15, -0.1) is 0 Å². The second kappa shape index (κ2) is 7.71. The fraction of sp³-hybridized carbons (Fsp3) is 0.500. The van der Waals surface area contributed by atoms with E-state index in [1.807, 2.05) is 38.1 Å². The molecular formula is C14H21NO3. The molecule has 4 nitrogen and oxygen atoms in total. The first kappa shape index (κ1) is 14.5. The predicted molar refractivity (Wildman–Crippen MR) is 71.0 cm³/mol. The summed E-state index contributed by atoms with van der Waals surface area (Å²) in [5.74, 6) is 0.111. The summed E-state index contributed by atoms with van der Waals surface area (Å²) in [5.41, 5.74) is 1.21. The first-order chi connectivity index (χ1) is 8.58. The van der Waals surface area contributed by atoms with Crippen LogP contribution in [0.4, 0.5) is 0 Å². The van der Waals surface area contributed by atoms with Crippen LogP contribution in [0, 0.1) is 6.92 Å². The van der Waals surface area contributed by atoms with Gasteiger partial charge in [0, 0.05) is 12.5 Å². The highest BCUT2D eigenvalue weighted by Crippen LogP contribution is 2.11. The molecule has 1 atom stereocenters. The maximum absolute atomic E-state index is 10.3. The molecule has 0 fully saturated rings. The van der Waals surface area contributed by atoms with Crippen molar-refractivity contribution in [1.29, 1.82) is 0 Å². The van der Waals surface area contributed by atoms with E-state index in [4.69, 9.17) is 9.84 Å². The van der Waals surface area contributed by atoms with E-state index in [9.17, 15) is 4.79 Å². The number of aryl methyl sites for hydroxylation is 1. The van der Waals surface area contributed by atoms with Crippen LogP contribution in [0.25, 0.3) is 0 Å². The Balaban J connectivity index is 2.14. The number of rotatable bonds is 8. The van der Waals surface area contributed by atoms with Crippen LogP contribution in [-0.4, -0.2) is 30.3 Å². The Morgan fingerprint density at radius 2 is 2.06 bits per heavy atom. The van der Waals surface area contributed by atoms with Gasteiger partial charge in [-0.2, -0.15) is 0 Å². The zero-order valence-electron chi connectivity index (χ0n) is 11.0. The van der Waals surface area contributed by atoms with Crippen LogP contribution in [0.2, 0.25) is 0 Å². The van der Waals surface area contributed by atoms with E-state index in [2.05, 4.69) is 5.32 Å². The van der Waals surface area contributed by atoms with E-state index in [1.54, 1.807) is 0 Å². The summed E-state index contributed by atoms with van der Waals surface area (Å²) in [6.45, 7) is 5.34. The number of ether oxygens (including phenoxy) is 1. The standard InChI is InChI=1S/C14H21NO3/c1-11-5-7-13(8-6-11)18-10-12(2)15-9-3-4-14(16)17/h5-8,12,15H,3-4,9-10H2,1-2H3,(H,16,17). The first-order valence-corrected chi connectivity index (χ1v) is 6.22. The summed E-state index contributed by atoms with van der Waals surface area (Å²) >= 11 is 0. The molecule has 0 saturated carbocycles. The molecule has 1 aromatic carbocycles. The fourth-order valence-electron chi connectivity index (χ4n) is 1.50. The van der Waals surface area contributed by atoms with Crippen molar-refractivity contribution in [2.45, 2.75) is 32.7 Å². The lowest BCUT2D eigenvalue weighted by atomic mass is 10.2. The van der Waals surface area contributed by atoms with Gasteiger partial charge in [-0.25, -0.2) is 0 Å². The Kier molecular flexibility index (Phi) is 6.22. The number of nitrogens with one attached hydrogen (secondary N) is 1. The van der Waals surface area contributed by atoms with Crippen molar-refractivity contribution >= 4 is 5.97 Å². The second-order valence-corrected chi connectivity index (χ2v) is 4.48. The highest BCUT2D eigenvalue weighted by atomic mass is 16.5. The number of aliphatic carboxylic acids is 1. The van der Waals surface area contributed by atoms with Crippen molar-refractivity contribution in [2.24, 2.45) is 0 Å². The SMILES string of the molecule is Cc1ccc(OCC(C)NCCCC(=O)O)cc1. The normalized spacial score (nSPS) is 12.1. The average molecular weight is 251 g/mol. The average Bonchev–Trinajstić information content (AvgIpc) is 2.34. The molecular weight excluding hydrogens is 230 g/mol. The molecule has 0 amide bonds. The van der Waals surface area contributed by atoms with Crippen molar-refractivity contribution < 1.29 is 14.6 Å². The Morgan fingerprint density at radius 3 is 2.67 bits per heavy atom. The van der Waals surface area contributed by atoms with Crippen LogP contribution in [-0.2, 0) is 4.79 Å². The number of carbonyl (C=O) groups is 1. The third-order valence-electron chi connectivity index (χ3n) is 2.58. The number of hydrogen-bond donors (Lipinski definition) is 2. The Bertz CT molecular complexity index is 362. The summed E-state index contributed by atoms with van der Waals surface area (Å²) in [4.78, 5) is 10.3. The molecule has 2 N–H and O–H groups in total. The van der Waals surface area contributed by atoms with Crippen molar-refractivity contribution in [3.8, 4) is 5.75 Å². The molecule has 1 rings (SSSR count). The van der Waals surface area contributed by atoms with Gasteiger partial charge in [-0.1, -0.05) is 17.7 Å². The van der Waals surface area contributed by atoms with Gasteiger partial charge in [0.15, 0.2) is 0 Å². The molecule has 0 aliphatic heterocycles. The second-order valence-electron chi connectivity index (χ2n) is 4.48. The summed E-state index contributed by atoms with van der Waals surface area (Å²) in [6.07, 6.45) is 0.850. The lowest BCUT2D eigenvalue weighted by Gasteiger charge is -2.14. The van der Waals surface area contributed by atoms with E-state index >= 15 is 0 Å². The highest BCUT2D eigenvalue weighted by molar-refractivity contribution is 5.66. The summed E-state index contributed by atoms with van der Waals surface area (Å²) in [7, 11) is 0. The summed E-state index contributed by atoms with van der Waals surface area (Å²) < 4.78 is 5.62. The van der Waals surface area contributed by atoms with E-state index in [0.717, 1.165) is 5.75 Å². The minimum absolute atomic E-state index is 0.207. The largest absolute Gasteiger partial charge is 0.492 e. The van der Waals surface area contributed by atoms with Crippen LogP contribution in [0.1, 0.15) is 25.3 Å². The molecule has 4 heteroatoms. The molecule has 0 radical (unpaired) electrons. The minimum Gasteiger partial charge on any atom is -0.492 e. The molecule has 0 aliphatic carbocycles. The predicted octanol–water partition coefficient (Wildman–Crippen LogP) is 2.22. The number of carboxylic acid groups (broad SMARTS) is 1. The molecule has 1 aromatic rings. The molecule has 0 saturated heterocycles. The van der Waals surface area contributed by atoms with Gasteiger partial charge in [-0.3, -0.25) is 4.79 Å². The zero-order valence-corrected chi connectivity index (χ0v) is 11.0. The van der Waals surface area contributed by atoms with Crippen LogP contribution < -0.4 is 10.1 Å². The van der Waals surface area contributed by atoms with Crippen LogP contribution in [0.15, 0.2) is 24.3 Å². The Labute approximate surface area is 108 Å². The van der Waals surface area contributed by atoms with Crippen molar-refractivity contribution in [2.75, 3.05) is 13.2 Å². The molecule has 18 heavy (non-hydrogen) atoms. The molecule has 0 aliphatic rings. The fourth-order valence-corrected chi connectivity index (χ4v) is 1.50. The number of benzene rings is 1. The molecule has 0 bridgehead atoms. The van der Waals surface area contributed by atoms with Crippen LogP contribution in [0.3, 0.4) is 0 Å². The van der Waals surface area contributed by atoms with Crippen LogP contribution >= 0.6 is 0 Å². The van der Waals surface area contributed by atoms with Crippen molar-refractivity contribution in [1.82, 2.24) is 5.32 Å². The molecule has 1 unspecified atom stereocenters. The van der Waals surface area contributed by atoms with Gasteiger partial charge < -0.3 is 15.2 Å². The maximum Gasteiger partial charge on any atom is 0.303 e. The van der Waals surface area contributed by atoms with E-state index in [-0.39, 0.29) is 12.5 Å². The van der Waals surface area contributed by atoms with Crippen molar-refractivity contribution in [3.63, 3.8) is 0 Å². The van der Waals surface area contributed by atoms with Gasteiger partial charge >= 0.3 is 5.97 Å². The third-order valence-corrected chi connectivity index (χ3v) is 2.58. The number of hydrogen-bond acceptors (Lipinski definition) is 3. The van der Waals surface area contributed by atoms with E-state index < -0.39 is 5.97 Å². The summed E-state index contributed by atoms with van der Waals surface area (Å²) in [6, 6.07) is 8.14. The van der Waals surface area contributed by atoms with E-state index in [0.29, 0.717) is 19.6 Å².